The van der Waals surface area contributed by atoms with Gasteiger partial charge in [-0.15, -0.1) is 0 Å². The molecule has 4 nitrogen and oxygen atoms in total. The molecule has 1 unspecified atom stereocenters. The van der Waals surface area contributed by atoms with Gasteiger partial charge in [-0.25, -0.2) is 4.98 Å². The first-order chi connectivity index (χ1) is 7.63. The number of pyridine rings is 1. The van der Waals surface area contributed by atoms with Gasteiger partial charge in [-0.3, -0.25) is 4.79 Å². The summed E-state index contributed by atoms with van der Waals surface area (Å²) in [6.45, 7) is 6.57. The van der Waals surface area contributed by atoms with Crippen LogP contribution in [-0.2, 0) is 4.74 Å². The van der Waals surface area contributed by atoms with Crippen LogP contribution in [0.1, 0.15) is 31.3 Å². The van der Waals surface area contributed by atoms with Gasteiger partial charge in [0.2, 0.25) is 0 Å². The van der Waals surface area contributed by atoms with Crippen molar-refractivity contribution < 1.29 is 14.3 Å². The predicted octanol–water partition coefficient (Wildman–Crippen LogP) is 2.09. The molecule has 16 heavy (non-hydrogen) atoms. The fourth-order valence-electron chi connectivity index (χ4n) is 1.21. The molecule has 0 spiro atoms. The van der Waals surface area contributed by atoms with Gasteiger partial charge in [-0.05, 0) is 26.0 Å². The number of carbonyl (C=O) groups excluding carboxylic acids is 1. The fraction of sp³-hybridized carbons (Fsp3) is 0.500. The highest BCUT2D eigenvalue weighted by Crippen LogP contribution is 2.11. The van der Waals surface area contributed by atoms with E-state index in [0.29, 0.717) is 24.7 Å². The van der Waals surface area contributed by atoms with Crippen molar-refractivity contribution >= 4 is 5.78 Å². The van der Waals surface area contributed by atoms with Crippen molar-refractivity contribution in [2.75, 3.05) is 13.2 Å². The van der Waals surface area contributed by atoms with Gasteiger partial charge in [0.1, 0.15) is 17.5 Å². The van der Waals surface area contributed by atoms with Crippen LogP contribution in [0, 0.1) is 0 Å². The summed E-state index contributed by atoms with van der Waals surface area (Å²) in [5.74, 6) is 0.603. The van der Waals surface area contributed by atoms with Crippen molar-refractivity contribution in [3.8, 4) is 5.75 Å². The molecule has 1 aromatic rings. The van der Waals surface area contributed by atoms with Crippen LogP contribution in [-0.4, -0.2) is 30.1 Å². The average Bonchev–Trinajstić information content (AvgIpc) is 2.27. The van der Waals surface area contributed by atoms with Crippen molar-refractivity contribution in [3.63, 3.8) is 0 Å². The van der Waals surface area contributed by atoms with Gasteiger partial charge in [-0.2, -0.15) is 0 Å². The van der Waals surface area contributed by atoms with Gasteiger partial charge in [0, 0.05) is 13.5 Å². The van der Waals surface area contributed by atoms with E-state index < -0.39 is 0 Å². The first-order valence-electron chi connectivity index (χ1n) is 5.35. The highest BCUT2D eigenvalue weighted by Gasteiger charge is 2.05. The number of ketones is 1. The smallest absolute Gasteiger partial charge is 0.178 e. The van der Waals surface area contributed by atoms with Crippen LogP contribution in [0.25, 0.3) is 0 Å². The van der Waals surface area contributed by atoms with E-state index in [2.05, 4.69) is 4.98 Å². The molecule has 88 valence electrons. The molecule has 0 aromatic carbocycles. The van der Waals surface area contributed by atoms with Gasteiger partial charge >= 0.3 is 0 Å². The lowest BCUT2D eigenvalue weighted by molar-refractivity contribution is 0.0655. The quantitative estimate of drug-likeness (QED) is 0.693. The molecule has 0 aliphatic carbocycles. The van der Waals surface area contributed by atoms with E-state index in [0.717, 1.165) is 0 Å². The molecule has 0 aliphatic heterocycles. The fourth-order valence-corrected chi connectivity index (χ4v) is 1.21. The van der Waals surface area contributed by atoms with Crippen LogP contribution in [0.15, 0.2) is 18.3 Å². The largest absolute Gasteiger partial charge is 0.487 e. The van der Waals surface area contributed by atoms with Crippen molar-refractivity contribution in [2.24, 2.45) is 0 Å². The minimum absolute atomic E-state index is 0.0232. The Bertz CT molecular complexity index is 335. The van der Waals surface area contributed by atoms with Gasteiger partial charge in [0.05, 0.1) is 12.8 Å². The number of ether oxygens (including phenoxy) is 2. The molecule has 0 amide bonds. The Labute approximate surface area is 95.6 Å². The molecule has 0 fully saturated rings. The molecule has 0 bridgehead atoms. The van der Waals surface area contributed by atoms with E-state index in [-0.39, 0.29) is 11.9 Å². The zero-order valence-corrected chi connectivity index (χ0v) is 9.90. The molecule has 0 saturated carbocycles. The molecular formula is C12H17NO3. The molecule has 1 rings (SSSR count). The Hall–Kier alpha value is -1.42. The summed E-state index contributed by atoms with van der Waals surface area (Å²) >= 11 is 0. The van der Waals surface area contributed by atoms with E-state index in [1.54, 1.807) is 18.3 Å². The third kappa shape index (κ3) is 3.98. The van der Waals surface area contributed by atoms with Gasteiger partial charge in [-0.1, -0.05) is 0 Å². The predicted molar refractivity (Wildman–Crippen MR) is 60.8 cm³/mol. The molecule has 1 atom stereocenters. The van der Waals surface area contributed by atoms with E-state index in [4.69, 9.17) is 9.47 Å². The normalized spacial score (nSPS) is 12.2. The molecule has 1 aromatic heterocycles. The van der Waals surface area contributed by atoms with E-state index in [9.17, 15) is 4.79 Å². The summed E-state index contributed by atoms with van der Waals surface area (Å²) < 4.78 is 10.8. The van der Waals surface area contributed by atoms with Crippen LogP contribution < -0.4 is 4.74 Å². The van der Waals surface area contributed by atoms with E-state index in [1.165, 1.54) is 6.92 Å². The van der Waals surface area contributed by atoms with Crippen LogP contribution in [0.2, 0.25) is 0 Å². The van der Waals surface area contributed by atoms with Crippen molar-refractivity contribution in [1.82, 2.24) is 4.98 Å². The van der Waals surface area contributed by atoms with E-state index in [1.807, 2.05) is 13.8 Å². The number of Topliss-reactive ketones (excluding diaryl/α,β-unsaturated/α-hetero) is 1. The number of carbonyl (C=O) groups is 1. The standard InChI is InChI=1S/C12H17NO3/c1-4-15-8-9(2)16-11-5-6-12(10(3)14)13-7-11/h5-7,9H,4,8H2,1-3H3. The zero-order valence-electron chi connectivity index (χ0n) is 9.90. The lowest BCUT2D eigenvalue weighted by Gasteiger charge is -2.14. The molecular weight excluding hydrogens is 206 g/mol. The van der Waals surface area contributed by atoms with Crippen LogP contribution in [0.3, 0.4) is 0 Å². The maximum absolute atomic E-state index is 11.0. The Morgan fingerprint density at radius 1 is 1.50 bits per heavy atom. The maximum atomic E-state index is 11.0. The summed E-state index contributed by atoms with van der Waals surface area (Å²) in [6.07, 6.45) is 1.53. The van der Waals surface area contributed by atoms with Crippen LogP contribution in [0.4, 0.5) is 0 Å². The summed E-state index contributed by atoms with van der Waals surface area (Å²) in [5, 5.41) is 0. The Balaban J connectivity index is 2.51. The van der Waals surface area contributed by atoms with Gasteiger partial charge in [0.25, 0.3) is 0 Å². The van der Waals surface area contributed by atoms with Crippen molar-refractivity contribution in [1.29, 1.82) is 0 Å². The number of hydrogen-bond acceptors (Lipinski definition) is 4. The SMILES string of the molecule is CCOCC(C)Oc1ccc(C(C)=O)nc1. The van der Waals surface area contributed by atoms with Gasteiger partial charge in [0.15, 0.2) is 5.78 Å². The maximum Gasteiger partial charge on any atom is 0.178 e. The number of rotatable bonds is 6. The van der Waals surface area contributed by atoms with Crippen molar-refractivity contribution in [2.45, 2.75) is 26.9 Å². The molecule has 4 heteroatoms. The second-order valence-corrected chi connectivity index (χ2v) is 3.52. The summed E-state index contributed by atoms with van der Waals surface area (Å²) in [6, 6.07) is 3.40. The van der Waals surface area contributed by atoms with Gasteiger partial charge < -0.3 is 9.47 Å². The first kappa shape index (κ1) is 12.6. The number of aromatic nitrogens is 1. The third-order valence-electron chi connectivity index (χ3n) is 1.99. The highest BCUT2D eigenvalue weighted by molar-refractivity contribution is 5.92. The van der Waals surface area contributed by atoms with E-state index >= 15 is 0 Å². The first-order valence-corrected chi connectivity index (χ1v) is 5.35. The highest BCUT2D eigenvalue weighted by atomic mass is 16.5. The van der Waals surface area contributed by atoms with Crippen LogP contribution in [0.5, 0.6) is 5.75 Å². The minimum atomic E-state index is -0.0473. The summed E-state index contributed by atoms with van der Waals surface area (Å²) in [5.41, 5.74) is 0.449. The summed E-state index contributed by atoms with van der Waals surface area (Å²) in [7, 11) is 0. The number of hydrogen-bond donors (Lipinski definition) is 0. The Morgan fingerprint density at radius 3 is 2.75 bits per heavy atom. The lowest BCUT2D eigenvalue weighted by Crippen LogP contribution is -2.19. The molecule has 0 saturated heterocycles. The van der Waals surface area contributed by atoms with Crippen LogP contribution >= 0.6 is 0 Å². The van der Waals surface area contributed by atoms with Crippen molar-refractivity contribution in [3.05, 3.63) is 24.0 Å². The Morgan fingerprint density at radius 2 is 2.25 bits per heavy atom. The molecule has 0 N–H and O–H groups in total. The molecule has 0 aliphatic rings. The second-order valence-electron chi connectivity index (χ2n) is 3.52. The topological polar surface area (TPSA) is 48.4 Å². The Kier molecular flexibility index (Phi) is 4.92. The second kappa shape index (κ2) is 6.23. The zero-order chi connectivity index (χ0) is 12.0. The minimum Gasteiger partial charge on any atom is -0.487 e. The molecule has 0 radical (unpaired) electrons. The molecule has 1 heterocycles. The lowest BCUT2D eigenvalue weighted by atomic mass is 10.3. The summed E-state index contributed by atoms with van der Waals surface area (Å²) in [4.78, 5) is 15.0. The number of nitrogens with zero attached hydrogens (tertiary/aromatic N) is 1. The third-order valence-corrected chi connectivity index (χ3v) is 1.99. The average molecular weight is 223 g/mol. The monoisotopic (exact) mass is 223 g/mol.